The van der Waals surface area contributed by atoms with Crippen LogP contribution in [0.25, 0.3) is 11.1 Å². The Morgan fingerprint density at radius 3 is 2.48 bits per heavy atom. The van der Waals surface area contributed by atoms with E-state index in [1.54, 1.807) is 18.2 Å². The molecular weight excluding hydrogens is 378 g/mol. The number of aromatic hydroxyl groups is 1. The largest absolute Gasteiger partial charge is 0.504 e. The number of ether oxygens (including phenoxy) is 3. The van der Waals surface area contributed by atoms with Gasteiger partial charge in [0.15, 0.2) is 17.2 Å². The van der Waals surface area contributed by atoms with Crippen LogP contribution in [-0.4, -0.2) is 44.1 Å². The fourth-order valence-corrected chi connectivity index (χ4v) is 3.72. The average Bonchev–Trinajstić information content (AvgIpc) is 2.96. The summed E-state index contributed by atoms with van der Waals surface area (Å²) in [6.45, 7) is -0.663. The van der Waals surface area contributed by atoms with Gasteiger partial charge in [0.25, 0.3) is 0 Å². The number of phenols is 1. The first-order chi connectivity index (χ1) is 13.9. The van der Waals surface area contributed by atoms with E-state index in [1.807, 2.05) is 0 Å². The van der Waals surface area contributed by atoms with Gasteiger partial charge in [-0.2, -0.15) is 0 Å². The van der Waals surface area contributed by atoms with Crippen LogP contribution in [0.2, 0.25) is 0 Å². The third-order valence-corrected chi connectivity index (χ3v) is 4.99. The second-order valence-electron chi connectivity index (χ2n) is 6.59. The van der Waals surface area contributed by atoms with Crippen molar-refractivity contribution in [1.82, 2.24) is 5.32 Å². The van der Waals surface area contributed by atoms with Gasteiger partial charge in [0.1, 0.15) is 6.61 Å². The lowest BCUT2D eigenvalue weighted by molar-refractivity contribution is -0.124. The van der Waals surface area contributed by atoms with E-state index >= 15 is 0 Å². The number of rotatable bonds is 5. The van der Waals surface area contributed by atoms with E-state index in [-0.39, 0.29) is 22.7 Å². The van der Waals surface area contributed by atoms with Gasteiger partial charge in [-0.25, -0.2) is 0 Å². The molecule has 0 aromatic heterocycles. The number of carbonyl (C=O) groups is 1. The molecule has 1 amide bonds. The van der Waals surface area contributed by atoms with Crippen molar-refractivity contribution in [1.29, 1.82) is 0 Å². The molecule has 0 spiro atoms. The van der Waals surface area contributed by atoms with Crippen LogP contribution in [0.4, 0.5) is 0 Å². The van der Waals surface area contributed by atoms with Crippen LogP contribution in [0.15, 0.2) is 29.1 Å². The summed E-state index contributed by atoms with van der Waals surface area (Å²) in [5.74, 6) is 0.0399. The van der Waals surface area contributed by atoms with Gasteiger partial charge in [-0.05, 0) is 47.7 Å². The highest BCUT2D eigenvalue weighted by molar-refractivity contribution is 5.83. The maximum atomic E-state index is 12.6. The van der Waals surface area contributed by atoms with Crippen LogP contribution >= 0.6 is 0 Å². The molecule has 0 radical (unpaired) electrons. The quantitative estimate of drug-likeness (QED) is 0.696. The zero-order valence-corrected chi connectivity index (χ0v) is 16.4. The highest BCUT2D eigenvalue weighted by Gasteiger charge is 2.29. The maximum absolute atomic E-state index is 12.6. The van der Waals surface area contributed by atoms with Crippen molar-refractivity contribution in [3.63, 3.8) is 0 Å². The zero-order valence-electron chi connectivity index (χ0n) is 16.4. The molecule has 3 rings (SSSR count). The Labute approximate surface area is 167 Å². The number of phenolic OH excluding ortho intramolecular Hbond substituents is 1. The number of amides is 1. The fourth-order valence-electron chi connectivity index (χ4n) is 3.72. The molecule has 0 bridgehead atoms. The maximum Gasteiger partial charge on any atom is 0.246 e. The minimum atomic E-state index is -0.663. The van der Waals surface area contributed by atoms with Crippen LogP contribution in [0.5, 0.6) is 23.0 Å². The number of carbonyl (C=O) groups excluding carboxylic acids is 1. The first kappa shape index (κ1) is 20.5. The molecule has 0 heterocycles. The zero-order chi connectivity index (χ0) is 21.1. The summed E-state index contributed by atoms with van der Waals surface area (Å²) in [5, 5.41) is 22.3. The predicted molar refractivity (Wildman–Crippen MR) is 106 cm³/mol. The van der Waals surface area contributed by atoms with Crippen LogP contribution in [0, 0.1) is 0 Å². The van der Waals surface area contributed by atoms with Gasteiger partial charge >= 0.3 is 0 Å². The Kier molecular flexibility index (Phi) is 5.93. The van der Waals surface area contributed by atoms with Crippen LogP contribution < -0.4 is 25.0 Å². The van der Waals surface area contributed by atoms with Crippen LogP contribution in [0.3, 0.4) is 0 Å². The topological polar surface area (TPSA) is 114 Å². The Bertz CT molecular complexity index is 1000. The molecule has 2 aromatic carbocycles. The van der Waals surface area contributed by atoms with Gasteiger partial charge in [-0.15, -0.1) is 0 Å². The van der Waals surface area contributed by atoms with Gasteiger partial charge in [0.05, 0.1) is 27.4 Å². The summed E-state index contributed by atoms with van der Waals surface area (Å²) in [6, 6.07) is 5.76. The van der Waals surface area contributed by atoms with Crippen LogP contribution in [0.1, 0.15) is 23.6 Å². The van der Waals surface area contributed by atoms with E-state index in [0.717, 1.165) is 5.56 Å². The first-order valence-corrected chi connectivity index (χ1v) is 9.04. The van der Waals surface area contributed by atoms with Crippen molar-refractivity contribution < 1.29 is 29.2 Å². The van der Waals surface area contributed by atoms with Crippen molar-refractivity contribution in [2.75, 3.05) is 27.9 Å². The number of nitrogens with one attached hydrogen (secondary N) is 1. The minimum absolute atomic E-state index is 0.0649. The molecule has 1 aliphatic rings. The van der Waals surface area contributed by atoms with Crippen LogP contribution in [-0.2, 0) is 11.2 Å². The molecule has 29 heavy (non-hydrogen) atoms. The summed E-state index contributed by atoms with van der Waals surface area (Å²) in [7, 11) is 4.30. The van der Waals surface area contributed by atoms with Gasteiger partial charge in [-0.3, -0.25) is 9.59 Å². The molecule has 8 heteroatoms. The summed E-state index contributed by atoms with van der Waals surface area (Å²) in [5.41, 5.74) is 2.29. The summed E-state index contributed by atoms with van der Waals surface area (Å²) in [4.78, 5) is 24.5. The Morgan fingerprint density at radius 2 is 1.86 bits per heavy atom. The summed E-state index contributed by atoms with van der Waals surface area (Å²) in [6.07, 6.45) is 0.940. The number of fused-ring (bicyclic) bond motifs is 3. The second-order valence-corrected chi connectivity index (χ2v) is 6.59. The van der Waals surface area contributed by atoms with Gasteiger partial charge in [-0.1, -0.05) is 6.07 Å². The molecule has 1 atom stereocenters. The highest BCUT2D eigenvalue weighted by Crippen LogP contribution is 2.49. The first-order valence-electron chi connectivity index (χ1n) is 9.04. The van der Waals surface area contributed by atoms with E-state index in [2.05, 4.69) is 5.32 Å². The van der Waals surface area contributed by atoms with Crippen molar-refractivity contribution in [2.45, 2.75) is 18.9 Å². The smallest absolute Gasteiger partial charge is 0.246 e. The lowest BCUT2D eigenvalue weighted by Crippen LogP contribution is -2.31. The third kappa shape index (κ3) is 3.71. The van der Waals surface area contributed by atoms with Gasteiger partial charge in [0, 0.05) is 5.56 Å². The lowest BCUT2D eigenvalue weighted by atomic mass is 9.95. The number of aliphatic hydroxyl groups is 1. The Morgan fingerprint density at radius 1 is 1.14 bits per heavy atom. The van der Waals surface area contributed by atoms with Gasteiger partial charge < -0.3 is 29.7 Å². The minimum Gasteiger partial charge on any atom is -0.504 e. The SMILES string of the molecule is COc1c(O)cc2c(c1OC)-c1ccc(OC)c(=O)cc1[C@@H](NC(=O)CO)CC2. The lowest BCUT2D eigenvalue weighted by Gasteiger charge is -2.19. The molecular formula is C21H23NO7. The Hall–Kier alpha value is -3.26. The molecule has 1 aliphatic carbocycles. The van der Waals surface area contributed by atoms with Crippen molar-refractivity contribution >= 4 is 5.91 Å². The molecule has 154 valence electrons. The number of hydrogen-bond donors (Lipinski definition) is 3. The van der Waals surface area contributed by atoms with E-state index < -0.39 is 18.6 Å². The third-order valence-electron chi connectivity index (χ3n) is 4.99. The van der Waals surface area contributed by atoms with Crippen molar-refractivity contribution in [2.24, 2.45) is 0 Å². The number of hydrogen-bond acceptors (Lipinski definition) is 7. The van der Waals surface area contributed by atoms with E-state index in [0.29, 0.717) is 35.3 Å². The van der Waals surface area contributed by atoms with E-state index in [4.69, 9.17) is 19.3 Å². The summed E-state index contributed by atoms with van der Waals surface area (Å²) < 4.78 is 16.1. The molecule has 0 aliphatic heterocycles. The molecule has 0 unspecified atom stereocenters. The van der Waals surface area contributed by atoms with Crippen molar-refractivity contribution in [3.05, 3.63) is 45.6 Å². The molecule has 3 N–H and O–H groups in total. The molecule has 2 aromatic rings. The number of benzene rings is 1. The predicted octanol–water partition coefficient (Wildman–Crippen LogP) is 1.54. The number of aryl methyl sites for hydroxylation is 1. The van der Waals surface area contributed by atoms with E-state index in [9.17, 15) is 14.7 Å². The Balaban J connectivity index is 2.37. The van der Waals surface area contributed by atoms with Gasteiger partial charge in [0.2, 0.25) is 17.1 Å². The standard InChI is InChI=1S/C21H23NO7/c1-27-17-7-5-12-13(9-15(17)24)14(22-18(26)10-23)6-4-11-8-16(25)20(28-2)21(29-3)19(11)12/h5,7-9,14,23,25H,4,6,10H2,1-3H3,(H,22,26)/t14-/m0/s1. The highest BCUT2D eigenvalue weighted by atomic mass is 16.5. The fraction of sp³-hybridized carbons (Fsp3) is 0.333. The monoisotopic (exact) mass is 401 g/mol. The average molecular weight is 401 g/mol. The second kappa shape index (κ2) is 8.40. The molecule has 0 saturated carbocycles. The number of aliphatic hydroxyl groups excluding tert-OH is 1. The normalized spacial score (nSPS) is 14.8. The molecule has 0 saturated heterocycles. The molecule has 0 fully saturated rings. The summed E-state index contributed by atoms with van der Waals surface area (Å²) >= 11 is 0. The van der Waals surface area contributed by atoms with E-state index in [1.165, 1.54) is 27.4 Å². The molecule has 8 nitrogen and oxygen atoms in total. The number of methoxy groups -OCH3 is 3. The van der Waals surface area contributed by atoms with Crippen molar-refractivity contribution in [3.8, 4) is 34.1 Å².